The monoisotopic (exact) mass is 272 g/mol. The van der Waals surface area contributed by atoms with Crippen LogP contribution in [-0.2, 0) is 12.8 Å². The standard InChI is InChI=1S/C10H13ClN4OS/c1-7-13-8(6-17-7)3-5-12-10-15-14-9(16-10)2-4-11/h6H,2-5H2,1H3,(H,12,15). The Hall–Kier alpha value is -1.14. The van der Waals surface area contributed by atoms with Crippen LogP contribution in [0.4, 0.5) is 6.01 Å². The van der Waals surface area contributed by atoms with E-state index in [0.29, 0.717) is 24.2 Å². The first-order valence-electron chi connectivity index (χ1n) is 5.31. The van der Waals surface area contributed by atoms with Crippen LogP contribution in [-0.4, -0.2) is 27.6 Å². The van der Waals surface area contributed by atoms with Crippen molar-refractivity contribution in [1.29, 1.82) is 0 Å². The highest BCUT2D eigenvalue weighted by Crippen LogP contribution is 2.10. The van der Waals surface area contributed by atoms with Crippen LogP contribution >= 0.6 is 22.9 Å². The SMILES string of the molecule is Cc1nc(CCNc2nnc(CCCl)o2)cs1. The van der Waals surface area contributed by atoms with Gasteiger partial charge in [-0.25, -0.2) is 4.98 Å². The minimum Gasteiger partial charge on any atom is -0.408 e. The van der Waals surface area contributed by atoms with Gasteiger partial charge in [-0.05, 0) is 6.92 Å². The lowest BCUT2D eigenvalue weighted by Gasteiger charge is -1.98. The molecule has 7 heteroatoms. The van der Waals surface area contributed by atoms with E-state index in [4.69, 9.17) is 16.0 Å². The molecule has 0 unspecified atom stereocenters. The molecule has 17 heavy (non-hydrogen) atoms. The number of halogens is 1. The van der Waals surface area contributed by atoms with Gasteiger partial charge >= 0.3 is 6.01 Å². The largest absolute Gasteiger partial charge is 0.408 e. The summed E-state index contributed by atoms with van der Waals surface area (Å²) in [5.74, 6) is 1.05. The van der Waals surface area contributed by atoms with Crippen molar-refractivity contribution < 1.29 is 4.42 Å². The number of aryl methyl sites for hydroxylation is 2. The number of anilines is 1. The summed E-state index contributed by atoms with van der Waals surface area (Å²) in [5.41, 5.74) is 1.08. The minimum atomic E-state index is 0.442. The normalized spacial score (nSPS) is 10.7. The summed E-state index contributed by atoms with van der Waals surface area (Å²) in [6.45, 7) is 2.73. The average molecular weight is 273 g/mol. The summed E-state index contributed by atoms with van der Waals surface area (Å²) in [6, 6.07) is 0.442. The maximum Gasteiger partial charge on any atom is 0.315 e. The number of nitrogens with zero attached hydrogens (tertiary/aromatic N) is 3. The van der Waals surface area contributed by atoms with Gasteiger partial charge in [-0.15, -0.1) is 28.0 Å². The average Bonchev–Trinajstić information content (AvgIpc) is 2.89. The Morgan fingerprint density at radius 3 is 3.00 bits per heavy atom. The molecule has 2 rings (SSSR count). The highest BCUT2D eigenvalue weighted by Gasteiger charge is 2.05. The molecule has 0 radical (unpaired) electrons. The van der Waals surface area contributed by atoms with Crippen molar-refractivity contribution in [2.24, 2.45) is 0 Å². The number of alkyl halides is 1. The van der Waals surface area contributed by atoms with Crippen molar-refractivity contribution in [2.75, 3.05) is 17.7 Å². The Morgan fingerprint density at radius 1 is 1.41 bits per heavy atom. The van der Waals surface area contributed by atoms with Crippen LogP contribution in [0.1, 0.15) is 16.6 Å². The van der Waals surface area contributed by atoms with E-state index in [2.05, 4.69) is 25.9 Å². The van der Waals surface area contributed by atoms with E-state index in [1.54, 1.807) is 11.3 Å². The summed E-state index contributed by atoms with van der Waals surface area (Å²) in [4.78, 5) is 4.37. The number of nitrogens with one attached hydrogen (secondary N) is 1. The third kappa shape index (κ3) is 3.67. The first-order chi connectivity index (χ1) is 8.28. The van der Waals surface area contributed by atoms with E-state index in [0.717, 1.165) is 23.7 Å². The van der Waals surface area contributed by atoms with Crippen molar-refractivity contribution in [3.63, 3.8) is 0 Å². The molecule has 0 spiro atoms. The fourth-order valence-corrected chi connectivity index (χ4v) is 2.14. The molecular formula is C10H13ClN4OS. The van der Waals surface area contributed by atoms with Crippen molar-refractivity contribution in [2.45, 2.75) is 19.8 Å². The topological polar surface area (TPSA) is 63.8 Å². The molecular weight excluding hydrogens is 260 g/mol. The van der Waals surface area contributed by atoms with Crippen LogP contribution in [0.2, 0.25) is 0 Å². The molecule has 0 aliphatic heterocycles. The van der Waals surface area contributed by atoms with Crippen LogP contribution < -0.4 is 5.32 Å². The van der Waals surface area contributed by atoms with Crippen LogP contribution in [0.3, 0.4) is 0 Å². The first kappa shape index (κ1) is 12.3. The van der Waals surface area contributed by atoms with Crippen LogP contribution in [0.25, 0.3) is 0 Å². The van der Waals surface area contributed by atoms with Crippen molar-refractivity contribution in [1.82, 2.24) is 15.2 Å². The second kappa shape index (κ2) is 5.97. The lowest BCUT2D eigenvalue weighted by atomic mass is 10.3. The lowest BCUT2D eigenvalue weighted by Crippen LogP contribution is -2.05. The van der Waals surface area contributed by atoms with E-state index < -0.39 is 0 Å². The Bertz CT molecular complexity index is 470. The number of aromatic nitrogens is 3. The molecule has 0 saturated heterocycles. The fraction of sp³-hybridized carbons (Fsp3) is 0.500. The van der Waals surface area contributed by atoms with Gasteiger partial charge in [0.05, 0.1) is 10.7 Å². The first-order valence-corrected chi connectivity index (χ1v) is 6.72. The van der Waals surface area contributed by atoms with Gasteiger partial charge in [0.2, 0.25) is 5.89 Å². The Morgan fingerprint density at radius 2 is 2.29 bits per heavy atom. The van der Waals surface area contributed by atoms with E-state index in [1.807, 2.05) is 6.92 Å². The van der Waals surface area contributed by atoms with E-state index in [-0.39, 0.29) is 0 Å². The number of rotatable bonds is 6. The predicted octanol–water partition coefficient (Wildman–Crippen LogP) is 2.27. The summed E-state index contributed by atoms with van der Waals surface area (Å²) < 4.78 is 5.33. The van der Waals surface area contributed by atoms with Gasteiger partial charge in [0.25, 0.3) is 0 Å². The van der Waals surface area contributed by atoms with Crippen LogP contribution in [0.15, 0.2) is 9.80 Å². The number of thiazole rings is 1. The maximum absolute atomic E-state index is 5.58. The summed E-state index contributed by atoms with van der Waals surface area (Å²) >= 11 is 7.23. The molecule has 0 aliphatic rings. The molecule has 0 aromatic carbocycles. The molecule has 0 aliphatic carbocycles. The summed E-state index contributed by atoms with van der Waals surface area (Å²) in [7, 11) is 0. The zero-order valence-electron chi connectivity index (χ0n) is 9.44. The van der Waals surface area contributed by atoms with E-state index in [1.165, 1.54) is 0 Å². The molecule has 2 heterocycles. The molecule has 2 aromatic rings. The molecule has 92 valence electrons. The lowest BCUT2D eigenvalue weighted by molar-refractivity contribution is 0.512. The molecule has 0 fully saturated rings. The van der Waals surface area contributed by atoms with Gasteiger partial charge in [0.1, 0.15) is 0 Å². The Labute approximate surface area is 108 Å². The molecule has 1 N–H and O–H groups in total. The van der Waals surface area contributed by atoms with Gasteiger partial charge in [-0.3, -0.25) is 0 Å². The zero-order valence-corrected chi connectivity index (χ0v) is 11.0. The number of hydrogen-bond acceptors (Lipinski definition) is 6. The molecule has 0 bridgehead atoms. The van der Waals surface area contributed by atoms with Crippen molar-refractivity contribution in [3.05, 3.63) is 22.0 Å². The molecule has 0 amide bonds. The van der Waals surface area contributed by atoms with Gasteiger partial charge in [-0.2, -0.15) is 0 Å². The quantitative estimate of drug-likeness (QED) is 0.818. The van der Waals surface area contributed by atoms with Crippen molar-refractivity contribution >= 4 is 29.0 Å². The van der Waals surface area contributed by atoms with Gasteiger partial charge in [-0.1, -0.05) is 5.10 Å². The highest BCUT2D eigenvalue weighted by molar-refractivity contribution is 7.09. The van der Waals surface area contributed by atoms with Gasteiger partial charge in [0, 0.05) is 30.6 Å². The molecule has 5 nitrogen and oxygen atoms in total. The summed E-state index contributed by atoms with van der Waals surface area (Å²) in [5, 5.41) is 13.9. The maximum atomic E-state index is 5.58. The predicted molar refractivity (Wildman–Crippen MR) is 67.8 cm³/mol. The summed E-state index contributed by atoms with van der Waals surface area (Å²) in [6.07, 6.45) is 1.44. The minimum absolute atomic E-state index is 0.442. The number of hydrogen-bond donors (Lipinski definition) is 1. The van der Waals surface area contributed by atoms with Crippen molar-refractivity contribution in [3.8, 4) is 0 Å². The Kier molecular flexibility index (Phi) is 4.33. The molecule has 2 aromatic heterocycles. The zero-order chi connectivity index (χ0) is 12.1. The third-order valence-electron chi connectivity index (χ3n) is 2.10. The molecule has 0 saturated carbocycles. The second-order valence-corrected chi connectivity index (χ2v) is 4.91. The van der Waals surface area contributed by atoms with Gasteiger partial charge < -0.3 is 9.73 Å². The van der Waals surface area contributed by atoms with E-state index in [9.17, 15) is 0 Å². The Balaban J connectivity index is 1.77. The fourth-order valence-electron chi connectivity index (χ4n) is 1.33. The van der Waals surface area contributed by atoms with Gasteiger partial charge in [0.15, 0.2) is 0 Å². The second-order valence-electron chi connectivity index (χ2n) is 3.47. The highest BCUT2D eigenvalue weighted by atomic mass is 35.5. The van der Waals surface area contributed by atoms with Crippen LogP contribution in [0.5, 0.6) is 0 Å². The van der Waals surface area contributed by atoms with E-state index >= 15 is 0 Å². The smallest absolute Gasteiger partial charge is 0.315 e. The van der Waals surface area contributed by atoms with Crippen LogP contribution in [0, 0.1) is 6.92 Å². The third-order valence-corrected chi connectivity index (χ3v) is 3.11. The molecule has 0 atom stereocenters.